The van der Waals surface area contributed by atoms with Gasteiger partial charge >= 0.3 is 12.1 Å². The number of ether oxygens (including phenoxy) is 2. The van der Waals surface area contributed by atoms with Crippen molar-refractivity contribution in [1.82, 2.24) is 19.9 Å². The molecule has 0 radical (unpaired) electrons. The number of fused-ring (bicyclic) bond motifs is 2. The summed E-state index contributed by atoms with van der Waals surface area (Å²) in [5.41, 5.74) is -1.22. The molecule has 192 valence electrons. The van der Waals surface area contributed by atoms with Crippen molar-refractivity contribution >= 4 is 23.5 Å². The Balaban J connectivity index is 1.58. The first-order chi connectivity index (χ1) is 16.8. The number of carbonyl (C=O) groups excluding carboxylic acids is 1. The standard InChI is InChI=1S/C24H27F2N5O5/c1-12(29-16-6-7-31-20(30-16)14(10-28-31)21(32)33)17-18(26)15(25)8-13-9-24(5,35-19(13)17)11-27-22(34)36-23(2,3)4/h6-8,10,12H,9,11H2,1-5H3,(H,27,34)(H,29,30)(H,32,33)/t12-,24?/m1/s1. The Labute approximate surface area is 205 Å². The molecule has 0 saturated heterocycles. The normalized spacial score (nSPS) is 17.9. The zero-order valence-corrected chi connectivity index (χ0v) is 20.5. The number of carboxylic acid groups (broad SMARTS) is 1. The molecule has 1 aromatic carbocycles. The zero-order chi connectivity index (χ0) is 26.4. The topological polar surface area (TPSA) is 127 Å². The van der Waals surface area contributed by atoms with E-state index in [0.717, 1.165) is 6.07 Å². The Morgan fingerprint density at radius 2 is 2.08 bits per heavy atom. The molecule has 1 unspecified atom stereocenters. The van der Waals surface area contributed by atoms with Gasteiger partial charge in [0.25, 0.3) is 0 Å². The van der Waals surface area contributed by atoms with Crippen LogP contribution in [0.3, 0.4) is 0 Å². The van der Waals surface area contributed by atoms with Gasteiger partial charge in [-0.1, -0.05) is 0 Å². The van der Waals surface area contributed by atoms with Crippen LogP contribution in [0, 0.1) is 11.6 Å². The molecule has 0 spiro atoms. The Kier molecular flexibility index (Phi) is 6.23. The van der Waals surface area contributed by atoms with Gasteiger partial charge in [-0.15, -0.1) is 0 Å². The fourth-order valence-electron chi connectivity index (χ4n) is 4.07. The molecule has 3 N–H and O–H groups in total. The number of hydrogen-bond donors (Lipinski definition) is 3. The van der Waals surface area contributed by atoms with E-state index in [2.05, 4.69) is 20.7 Å². The monoisotopic (exact) mass is 503 g/mol. The molecule has 12 heteroatoms. The third kappa shape index (κ3) is 5.02. The van der Waals surface area contributed by atoms with Crippen LogP contribution in [0.1, 0.15) is 62.1 Å². The smallest absolute Gasteiger partial charge is 0.407 e. The number of aromatic nitrogens is 3. The van der Waals surface area contributed by atoms with Crippen molar-refractivity contribution in [1.29, 1.82) is 0 Å². The molecule has 10 nitrogen and oxygen atoms in total. The second-order valence-corrected chi connectivity index (χ2v) is 9.97. The van der Waals surface area contributed by atoms with Crippen LogP contribution in [-0.4, -0.2) is 49.5 Å². The number of nitrogens with zero attached hydrogens (tertiary/aromatic N) is 3. The highest BCUT2D eigenvalue weighted by molar-refractivity contribution is 5.94. The van der Waals surface area contributed by atoms with Gasteiger partial charge in [-0.25, -0.2) is 27.9 Å². The minimum Gasteiger partial charge on any atom is -0.485 e. The number of hydrogen-bond acceptors (Lipinski definition) is 7. The highest BCUT2D eigenvalue weighted by Gasteiger charge is 2.40. The third-order valence-corrected chi connectivity index (χ3v) is 5.60. The van der Waals surface area contributed by atoms with Gasteiger partial charge in [0, 0.05) is 18.2 Å². The van der Waals surface area contributed by atoms with Crippen molar-refractivity contribution in [2.24, 2.45) is 0 Å². The molecule has 36 heavy (non-hydrogen) atoms. The molecule has 1 aliphatic rings. The van der Waals surface area contributed by atoms with Crippen LogP contribution in [0.5, 0.6) is 5.75 Å². The van der Waals surface area contributed by atoms with Crippen molar-refractivity contribution in [3.63, 3.8) is 0 Å². The Morgan fingerprint density at radius 3 is 2.75 bits per heavy atom. The quantitative estimate of drug-likeness (QED) is 0.459. The van der Waals surface area contributed by atoms with E-state index in [-0.39, 0.29) is 41.3 Å². The number of aromatic carboxylic acids is 1. The predicted octanol–water partition coefficient (Wildman–Crippen LogP) is 4.10. The number of amides is 1. The maximum Gasteiger partial charge on any atom is 0.407 e. The summed E-state index contributed by atoms with van der Waals surface area (Å²) in [6, 6.07) is 1.83. The van der Waals surface area contributed by atoms with Crippen LogP contribution < -0.4 is 15.4 Å². The number of benzene rings is 1. The molecule has 4 rings (SSSR count). The molecule has 3 heterocycles. The van der Waals surface area contributed by atoms with E-state index in [4.69, 9.17) is 9.47 Å². The van der Waals surface area contributed by atoms with Crippen LogP contribution in [-0.2, 0) is 11.2 Å². The molecule has 0 aliphatic carbocycles. The van der Waals surface area contributed by atoms with Gasteiger partial charge in [-0.3, -0.25) is 0 Å². The number of carbonyl (C=O) groups is 2. The number of nitrogens with one attached hydrogen (secondary N) is 2. The molecule has 3 aromatic rings. The highest BCUT2D eigenvalue weighted by atomic mass is 19.2. The predicted molar refractivity (Wildman–Crippen MR) is 125 cm³/mol. The highest BCUT2D eigenvalue weighted by Crippen LogP contribution is 2.43. The number of carboxylic acids is 1. The summed E-state index contributed by atoms with van der Waals surface area (Å²) in [4.78, 5) is 27.8. The Bertz CT molecular complexity index is 1350. The third-order valence-electron chi connectivity index (χ3n) is 5.60. The summed E-state index contributed by atoms with van der Waals surface area (Å²) in [7, 11) is 0. The number of halogens is 2. The second-order valence-electron chi connectivity index (χ2n) is 9.97. The van der Waals surface area contributed by atoms with Crippen molar-refractivity contribution in [2.75, 3.05) is 11.9 Å². The maximum absolute atomic E-state index is 15.0. The first-order valence-corrected chi connectivity index (χ1v) is 11.3. The minimum atomic E-state index is -1.19. The van der Waals surface area contributed by atoms with E-state index in [9.17, 15) is 19.1 Å². The molecule has 0 saturated carbocycles. The number of rotatable bonds is 6. The van der Waals surface area contributed by atoms with Crippen molar-refractivity contribution < 1.29 is 33.0 Å². The molecule has 1 amide bonds. The van der Waals surface area contributed by atoms with Crippen molar-refractivity contribution in [2.45, 2.75) is 58.3 Å². The summed E-state index contributed by atoms with van der Waals surface area (Å²) in [6.45, 7) is 8.61. The lowest BCUT2D eigenvalue weighted by atomic mass is 9.96. The lowest BCUT2D eigenvalue weighted by Crippen LogP contribution is -2.45. The number of alkyl carbamates (subject to hydrolysis) is 1. The van der Waals surface area contributed by atoms with Gasteiger partial charge in [0.05, 0.1) is 24.3 Å². The van der Waals surface area contributed by atoms with Gasteiger partial charge in [0.15, 0.2) is 17.3 Å². The Hall–Kier alpha value is -3.96. The minimum absolute atomic E-state index is 0.0420. The summed E-state index contributed by atoms with van der Waals surface area (Å²) in [5, 5.41) is 18.9. The first-order valence-electron chi connectivity index (χ1n) is 11.3. The van der Waals surface area contributed by atoms with Gasteiger partial charge in [-0.05, 0) is 46.8 Å². The summed E-state index contributed by atoms with van der Waals surface area (Å²) in [6.07, 6.45) is 2.29. The maximum atomic E-state index is 15.0. The number of anilines is 1. The molecule has 0 bridgehead atoms. The largest absolute Gasteiger partial charge is 0.485 e. The lowest BCUT2D eigenvalue weighted by molar-refractivity contribution is 0.0447. The first kappa shape index (κ1) is 25.1. The second kappa shape index (κ2) is 8.92. The summed E-state index contributed by atoms with van der Waals surface area (Å²) in [5.74, 6) is -2.88. The van der Waals surface area contributed by atoms with Crippen LogP contribution in [0.15, 0.2) is 24.5 Å². The van der Waals surface area contributed by atoms with Gasteiger partial charge in [-0.2, -0.15) is 5.10 Å². The van der Waals surface area contributed by atoms with Crippen LogP contribution in [0.2, 0.25) is 0 Å². The summed E-state index contributed by atoms with van der Waals surface area (Å²) >= 11 is 0. The molecule has 1 aliphatic heterocycles. The molecule has 0 fully saturated rings. The van der Waals surface area contributed by atoms with E-state index >= 15 is 4.39 Å². The van der Waals surface area contributed by atoms with Crippen molar-refractivity contribution in [3.05, 3.63) is 52.9 Å². The zero-order valence-electron chi connectivity index (χ0n) is 20.5. The molecule has 2 aromatic heterocycles. The Morgan fingerprint density at radius 1 is 1.36 bits per heavy atom. The van der Waals surface area contributed by atoms with E-state index in [0.29, 0.717) is 5.56 Å². The average Bonchev–Trinajstić information content (AvgIpc) is 3.32. The van der Waals surface area contributed by atoms with E-state index in [1.54, 1.807) is 34.6 Å². The average molecular weight is 504 g/mol. The molecule has 2 atom stereocenters. The fraction of sp³-hybridized carbons (Fsp3) is 0.417. The van der Waals surface area contributed by atoms with Crippen LogP contribution in [0.4, 0.5) is 19.4 Å². The van der Waals surface area contributed by atoms with E-state index in [1.165, 1.54) is 23.0 Å². The molecular weight excluding hydrogens is 476 g/mol. The van der Waals surface area contributed by atoms with Crippen LogP contribution in [0.25, 0.3) is 5.65 Å². The fourth-order valence-corrected chi connectivity index (χ4v) is 4.07. The van der Waals surface area contributed by atoms with Gasteiger partial charge in [0.2, 0.25) is 0 Å². The van der Waals surface area contributed by atoms with Gasteiger partial charge in [0.1, 0.15) is 28.3 Å². The molecular formula is C24H27F2N5O5. The van der Waals surface area contributed by atoms with Crippen LogP contribution >= 0.6 is 0 Å². The van der Waals surface area contributed by atoms with Gasteiger partial charge < -0.3 is 25.2 Å². The summed E-state index contributed by atoms with van der Waals surface area (Å²) < 4.78 is 42.2. The van der Waals surface area contributed by atoms with E-state index in [1.807, 2.05) is 0 Å². The van der Waals surface area contributed by atoms with E-state index < -0.39 is 40.9 Å². The van der Waals surface area contributed by atoms with Crippen molar-refractivity contribution in [3.8, 4) is 5.75 Å². The SMILES string of the molecule is C[C@@H](Nc1ccn2ncc(C(=O)O)c2n1)c1c(F)c(F)cc2c1OC(C)(CNC(=O)OC(C)(C)C)C2. The lowest BCUT2D eigenvalue weighted by Gasteiger charge is -2.27.